The summed E-state index contributed by atoms with van der Waals surface area (Å²) in [6.07, 6.45) is 2.65. The van der Waals surface area contributed by atoms with Gasteiger partial charge in [0.05, 0.1) is 12.7 Å². The molecule has 0 fully saturated rings. The van der Waals surface area contributed by atoms with E-state index in [2.05, 4.69) is 22.3 Å². The Morgan fingerprint density at radius 1 is 1.26 bits per heavy atom. The third-order valence-electron chi connectivity index (χ3n) is 5.02. The number of halogens is 1. The van der Waals surface area contributed by atoms with E-state index in [1.54, 1.807) is 23.9 Å². The van der Waals surface area contributed by atoms with E-state index in [1.807, 2.05) is 0 Å². The van der Waals surface area contributed by atoms with E-state index in [0.717, 1.165) is 34.6 Å². The number of alkyl carbamates (subject to hydrolysis) is 1. The SMILES string of the molecule is COC(=O)NC(=O)c1c(NC(=O)CCCSc2ccc(F)cc2)sc2c1CCC(C)C2. The fourth-order valence-electron chi connectivity index (χ4n) is 3.43. The molecule has 0 bridgehead atoms. The molecule has 1 aromatic heterocycles. The van der Waals surface area contributed by atoms with Gasteiger partial charge in [-0.2, -0.15) is 0 Å². The van der Waals surface area contributed by atoms with E-state index in [-0.39, 0.29) is 11.7 Å². The molecule has 1 atom stereocenters. The summed E-state index contributed by atoms with van der Waals surface area (Å²) in [5, 5.41) is 5.56. The van der Waals surface area contributed by atoms with Gasteiger partial charge < -0.3 is 10.1 Å². The quantitative estimate of drug-likeness (QED) is 0.444. The molecular formula is C22H25FN2O4S2. The zero-order valence-electron chi connectivity index (χ0n) is 17.5. The Kier molecular flexibility index (Phi) is 8.09. The molecule has 6 nitrogen and oxygen atoms in total. The van der Waals surface area contributed by atoms with Crippen LogP contribution >= 0.6 is 23.1 Å². The van der Waals surface area contributed by atoms with Crippen molar-refractivity contribution >= 4 is 46.0 Å². The Balaban J connectivity index is 1.62. The molecule has 2 aromatic rings. The number of hydrogen-bond donors (Lipinski definition) is 2. The summed E-state index contributed by atoms with van der Waals surface area (Å²) in [7, 11) is 1.19. The second kappa shape index (κ2) is 10.8. The number of thiophene rings is 1. The molecule has 1 unspecified atom stereocenters. The van der Waals surface area contributed by atoms with Gasteiger partial charge in [0.25, 0.3) is 5.91 Å². The van der Waals surface area contributed by atoms with Crippen LogP contribution in [0.4, 0.5) is 14.2 Å². The number of methoxy groups -OCH3 is 1. The van der Waals surface area contributed by atoms with Crippen LogP contribution in [0.25, 0.3) is 0 Å². The van der Waals surface area contributed by atoms with Crippen LogP contribution in [-0.2, 0) is 22.4 Å². The predicted octanol–water partition coefficient (Wildman–Crippen LogP) is 5.02. The van der Waals surface area contributed by atoms with Crippen molar-refractivity contribution in [2.24, 2.45) is 5.92 Å². The molecule has 0 radical (unpaired) electrons. The fourth-order valence-corrected chi connectivity index (χ4v) is 5.71. The van der Waals surface area contributed by atoms with E-state index in [9.17, 15) is 18.8 Å². The Labute approximate surface area is 188 Å². The maximum absolute atomic E-state index is 13.0. The van der Waals surface area contributed by atoms with Gasteiger partial charge in [-0.1, -0.05) is 6.92 Å². The molecule has 166 valence electrons. The Morgan fingerprint density at radius 2 is 2.00 bits per heavy atom. The topological polar surface area (TPSA) is 84.5 Å². The first-order valence-electron chi connectivity index (χ1n) is 10.1. The van der Waals surface area contributed by atoms with Crippen molar-refractivity contribution in [3.8, 4) is 0 Å². The number of rotatable bonds is 7. The smallest absolute Gasteiger partial charge is 0.413 e. The molecule has 3 rings (SSSR count). The first kappa shape index (κ1) is 23.3. The molecule has 2 N–H and O–H groups in total. The minimum absolute atomic E-state index is 0.182. The third kappa shape index (κ3) is 6.30. The van der Waals surface area contributed by atoms with Gasteiger partial charge in [-0.15, -0.1) is 23.1 Å². The number of ether oxygens (including phenoxy) is 1. The molecule has 1 aliphatic rings. The normalized spacial score (nSPS) is 15.1. The lowest BCUT2D eigenvalue weighted by molar-refractivity contribution is -0.116. The van der Waals surface area contributed by atoms with E-state index in [0.29, 0.717) is 35.1 Å². The standard InChI is InChI=1S/C22H25FN2O4S2/c1-13-5-10-16-17(12-13)31-21(19(16)20(27)25-22(28)29-2)24-18(26)4-3-11-30-15-8-6-14(23)7-9-15/h6-9,13H,3-5,10-12H2,1-2H3,(H,24,26)(H,25,27,28). The third-order valence-corrected chi connectivity index (χ3v) is 7.29. The van der Waals surface area contributed by atoms with Gasteiger partial charge in [0.15, 0.2) is 0 Å². The summed E-state index contributed by atoms with van der Waals surface area (Å²) in [5.74, 6) is 0.214. The van der Waals surface area contributed by atoms with Crippen molar-refractivity contribution in [3.05, 3.63) is 46.1 Å². The lowest BCUT2D eigenvalue weighted by Gasteiger charge is -2.18. The molecule has 31 heavy (non-hydrogen) atoms. The summed E-state index contributed by atoms with van der Waals surface area (Å²) >= 11 is 2.97. The van der Waals surface area contributed by atoms with E-state index >= 15 is 0 Å². The van der Waals surface area contributed by atoms with Crippen LogP contribution < -0.4 is 10.6 Å². The van der Waals surface area contributed by atoms with Gasteiger partial charge in [0.2, 0.25) is 5.91 Å². The minimum Gasteiger partial charge on any atom is -0.453 e. The summed E-state index contributed by atoms with van der Waals surface area (Å²) in [4.78, 5) is 38.7. The molecule has 0 saturated heterocycles. The number of amides is 3. The molecule has 1 aromatic carbocycles. The number of hydrogen-bond acceptors (Lipinski definition) is 6. The van der Waals surface area contributed by atoms with Gasteiger partial charge in [0, 0.05) is 16.2 Å². The van der Waals surface area contributed by atoms with Crippen molar-refractivity contribution in [1.82, 2.24) is 5.32 Å². The molecule has 0 spiro atoms. The van der Waals surface area contributed by atoms with Crippen LogP contribution in [0.3, 0.4) is 0 Å². The number of carbonyl (C=O) groups is 3. The van der Waals surface area contributed by atoms with Gasteiger partial charge in [-0.25, -0.2) is 9.18 Å². The second-order valence-electron chi connectivity index (χ2n) is 7.46. The maximum atomic E-state index is 13.0. The maximum Gasteiger partial charge on any atom is 0.413 e. The van der Waals surface area contributed by atoms with Crippen LogP contribution in [0.2, 0.25) is 0 Å². The molecule has 9 heteroatoms. The molecule has 3 amide bonds. The van der Waals surface area contributed by atoms with E-state index in [1.165, 1.54) is 30.6 Å². The van der Waals surface area contributed by atoms with Crippen LogP contribution in [0.15, 0.2) is 29.2 Å². The fraction of sp³-hybridized carbons (Fsp3) is 0.409. The van der Waals surface area contributed by atoms with Crippen LogP contribution in [0.1, 0.15) is 47.0 Å². The lowest BCUT2D eigenvalue weighted by Crippen LogP contribution is -2.31. The second-order valence-corrected chi connectivity index (χ2v) is 9.73. The van der Waals surface area contributed by atoms with Gasteiger partial charge in [-0.3, -0.25) is 14.9 Å². The zero-order valence-corrected chi connectivity index (χ0v) is 19.1. The highest BCUT2D eigenvalue weighted by atomic mass is 32.2. The molecule has 1 aliphatic carbocycles. The number of anilines is 1. The van der Waals surface area contributed by atoms with Crippen molar-refractivity contribution < 1.29 is 23.5 Å². The summed E-state index contributed by atoms with van der Waals surface area (Å²) in [5.41, 5.74) is 1.28. The minimum atomic E-state index is -0.829. The molecule has 1 heterocycles. The highest BCUT2D eigenvalue weighted by molar-refractivity contribution is 7.99. The Hall–Kier alpha value is -2.39. The largest absolute Gasteiger partial charge is 0.453 e. The van der Waals surface area contributed by atoms with Crippen LogP contribution in [-0.4, -0.2) is 30.8 Å². The van der Waals surface area contributed by atoms with Crippen molar-refractivity contribution in [2.75, 3.05) is 18.2 Å². The zero-order chi connectivity index (χ0) is 22.4. The summed E-state index contributed by atoms with van der Waals surface area (Å²) in [6.45, 7) is 2.16. The number of fused-ring (bicyclic) bond motifs is 1. The first-order chi connectivity index (χ1) is 14.9. The number of nitrogens with one attached hydrogen (secondary N) is 2. The van der Waals surface area contributed by atoms with E-state index in [4.69, 9.17) is 0 Å². The van der Waals surface area contributed by atoms with Gasteiger partial charge in [0.1, 0.15) is 10.8 Å². The summed E-state index contributed by atoms with van der Waals surface area (Å²) in [6, 6.07) is 6.25. The molecule has 0 aliphatic heterocycles. The predicted molar refractivity (Wildman–Crippen MR) is 120 cm³/mol. The average molecular weight is 465 g/mol. The van der Waals surface area contributed by atoms with Crippen molar-refractivity contribution in [1.29, 1.82) is 0 Å². The van der Waals surface area contributed by atoms with Crippen molar-refractivity contribution in [3.63, 3.8) is 0 Å². The highest BCUT2D eigenvalue weighted by Crippen LogP contribution is 2.39. The van der Waals surface area contributed by atoms with Crippen LogP contribution in [0, 0.1) is 11.7 Å². The lowest BCUT2D eigenvalue weighted by atomic mass is 9.88. The number of benzene rings is 1. The number of carbonyl (C=O) groups excluding carboxylic acids is 3. The average Bonchev–Trinajstić information content (AvgIpc) is 3.09. The Bertz CT molecular complexity index is 959. The van der Waals surface area contributed by atoms with Gasteiger partial charge in [-0.05, 0) is 67.2 Å². The number of imide groups is 1. The first-order valence-corrected chi connectivity index (χ1v) is 11.9. The van der Waals surface area contributed by atoms with Gasteiger partial charge >= 0.3 is 6.09 Å². The number of thioether (sulfide) groups is 1. The molecule has 0 saturated carbocycles. The van der Waals surface area contributed by atoms with E-state index < -0.39 is 12.0 Å². The van der Waals surface area contributed by atoms with Crippen molar-refractivity contribution in [2.45, 2.75) is 43.9 Å². The highest BCUT2D eigenvalue weighted by Gasteiger charge is 2.29. The Morgan fingerprint density at radius 3 is 2.71 bits per heavy atom. The summed E-state index contributed by atoms with van der Waals surface area (Å²) < 4.78 is 17.5. The molecular weight excluding hydrogens is 439 g/mol. The monoisotopic (exact) mass is 464 g/mol. The van der Waals surface area contributed by atoms with Crippen LogP contribution in [0.5, 0.6) is 0 Å².